The highest BCUT2D eigenvalue weighted by molar-refractivity contribution is 5.67. The van der Waals surface area contributed by atoms with Crippen LogP contribution in [-0.2, 0) is 17.9 Å². The Morgan fingerprint density at radius 2 is 1.96 bits per heavy atom. The Bertz CT molecular complexity index is 755. The Hall–Kier alpha value is -3.08. The zero-order chi connectivity index (χ0) is 15.9. The van der Waals surface area contributed by atoms with Crippen LogP contribution < -0.4 is 5.32 Å². The number of furan rings is 1. The number of rotatable bonds is 5. The summed E-state index contributed by atoms with van der Waals surface area (Å²) in [7, 11) is 0. The van der Waals surface area contributed by atoms with E-state index in [1.165, 1.54) is 0 Å². The van der Waals surface area contributed by atoms with E-state index in [0.29, 0.717) is 12.3 Å². The molecule has 0 fully saturated rings. The number of carbonyl (C=O) groups excluding carboxylic acids is 1. The first-order valence-electron chi connectivity index (χ1n) is 7.24. The number of pyridine rings is 1. The van der Waals surface area contributed by atoms with E-state index in [4.69, 9.17) is 9.15 Å². The second-order valence-corrected chi connectivity index (χ2v) is 4.94. The molecule has 0 saturated heterocycles. The summed E-state index contributed by atoms with van der Waals surface area (Å²) in [6, 6.07) is 16.9. The fourth-order valence-corrected chi connectivity index (χ4v) is 2.09. The van der Waals surface area contributed by atoms with Gasteiger partial charge in [-0.2, -0.15) is 0 Å². The summed E-state index contributed by atoms with van der Waals surface area (Å²) in [5.74, 6) is 0.693. The van der Waals surface area contributed by atoms with Crippen molar-refractivity contribution in [1.29, 1.82) is 0 Å². The summed E-state index contributed by atoms with van der Waals surface area (Å²) >= 11 is 0. The summed E-state index contributed by atoms with van der Waals surface area (Å²) in [6.07, 6.45) is 2.83. The van der Waals surface area contributed by atoms with Crippen LogP contribution in [0.4, 0.5) is 4.79 Å². The monoisotopic (exact) mass is 308 g/mol. The second-order valence-electron chi connectivity index (χ2n) is 4.94. The van der Waals surface area contributed by atoms with E-state index in [9.17, 15) is 4.79 Å². The normalized spacial score (nSPS) is 10.3. The molecule has 1 N–H and O–H groups in total. The molecule has 5 nitrogen and oxygen atoms in total. The number of nitrogens with one attached hydrogen (secondary N) is 1. The summed E-state index contributed by atoms with van der Waals surface area (Å²) in [6.45, 7) is 0.616. The van der Waals surface area contributed by atoms with Crippen LogP contribution in [0.3, 0.4) is 0 Å². The third-order valence-corrected chi connectivity index (χ3v) is 3.25. The minimum Gasteiger partial charge on any atom is -0.463 e. The van der Waals surface area contributed by atoms with Crippen LogP contribution in [0.5, 0.6) is 0 Å². The molecule has 0 unspecified atom stereocenters. The number of carbonyl (C=O) groups is 1. The standard InChI is InChI=1S/C18H16N2O3/c21-18(23-13-14-5-2-1-3-6-14)20-12-15-8-9-19-16(11-15)17-7-4-10-22-17/h1-11H,12-13H2,(H,20,21). The quantitative estimate of drug-likeness (QED) is 0.779. The molecule has 0 aliphatic carbocycles. The van der Waals surface area contributed by atoms with Gasteiger partial charge in [0, 0.05) is 12.7 Å². The van der Waals surface area contributed by atoms with Gasteiger partial charge in [0.1, 0.15) is 12.3 Å². The van der Waals surface area contributed by atoms with Gasteiger partial charge in [0.25, 0.3) is 0 Å². The van der Waals surface area contributed by atoms with Crippen molar-refractivity contribution in [2.45, 2.75) is 13.2 Å². The largest absolute Gasteiger partial charge is 0.463 e. The van der Waals surface area contributed by atoms with Crippen LogP contribution in [0.2, 0.25) is 0 Å². The topological polar surface area (TPSA) is 64.4 Å². The average Bonchev–Trinajstić information content (AvgIpc) is 3.14. The summed E-state index contributed by atoms with van der Waals surface area (Å²) in [5, 5.41) is 2.72. The highest BCUT2D eigenvalue weighted by Crippen LogP contribution is 2.17. The van der Waals surface area contributed by atoms with Gasteiger partial charge < -0.3 is 14.5 Å². The first kappa shape index (κ1) is 14.8. The Morgan fingerprint density at radius 3 is 2.74 bits per heavy atom. The molecule has 1 amide bonds. The number of nitrogens with zero attached hydrogens (tertiary/aromatic N) is 1. The molecule has 0 radical (unpaired) electrons. The van der Waals surface area contributed by atoms with Gasteiger partial charge in [0.2, 0.25) is 0 Å². The predicted molar refractivity (Wildman–Crippen MR) is 85.4 cm³/mol. The maximum atomic E-state index is 11.7. The number of aromatic nitrogens is 1. The van der Waals surface area contributed by atoms with Gasteiger partial charge in [-0.1, -0.05) is 30.3 Å². The second kappa shape index (κ2) is 7.26. The Kier molecular flexibility index (Phi) is 4.69. The fraction of sp³-hybridized carbons (Fsp3) is 0.111. The highest BCUT2D eigenvalue weighted by atomic mass is 16.5. The lowest BCUT2D eigenvalue weighted by molar-refractivity contribution is 0.139. The van der Waals surface area contributed by atoms with Gasteiger partial charge in [0.15, 0.2) is 5.76 Å². The lowest BCUT2D eigenvalue weighted by Gasteiger charge is -2.07. The molecule has 116 valence electrons. The van der Waals surface area contributed by atoms with E-state index in [2.05, 4.69) is 10.3 Å². The van der Waals surface area contributed by atoms with E-state index in [1.54, 1.807) is 12.5 Å². The van der Waals surface area contributed by atoms with Gasteiger partial charge in [0.05, 0.1) is 6.26 Å². The summed E-state index contributed by atoms with van der Waals surface area (Å²) in [4.78, 5) is 16.0. The fourth-order valence-electron chi connectivity index (χ4n) is 2.09. The molecule has 3 rings (SSSR count). The van der Waals surface area contributed by atoms with Crippen molar-refractivity contribution in [2.75, 3.05) is 0 Å². The molecule has 23 heavy (non-hydrogen) atoms. The van der Waals surface area contributed by atoms with Crippen LogP contribution in [0.25, 0.3) is 11.5 Å². The molecular formula is C18H16N2O3. The molecule has 0 aliphatic rings. The number of hydrogen-bond acceptors (Lipinski definition) is 4. The highest BCUT2D eigenvalue weighted by Gasteiger charge is 2.06. The Labute approximate surface area is 133 Å². The molecule has 0 aliphatic heterocycles. The smallest absolute Gasteiger partial charge is 0.407 e. The third-order valence-electron chi connectivity index (χ3n) is 3.25. The minimum absolute atomic E-state index is 0.251. The van der Waals surface area contributed by atoms with Gasteiger partial charge in [-0.3, -0.25) is 4.98 Å². The van der Waals surface area contributed by atoms with E-state index in [0.717, 1.165) is 16.8 Å². The van der Waals surface area contributed by atoms with Crippen molar-refractivity contribution in [3.63, 3.8) is 0 Å². The Morgan fingerprint density at radius 1 is 1.09 bits per heavy atom. The van der Waals surface area contributed by atoms with Crippen LogP contribution in [-0.4, -0.2) is 11.1 Å². The van der Waals surface area contributed by atoms with E-state index in [1.807, 2.05) is 54.6 Å². The summed E-state index contributed by atoms with van der Waals surface area (Å²) < 4.78 is 10.5. The maximum absolute atomic E-state index is 11.7. The number of amides is 1. The third kappa shape index (κ3) is 4.20. The van der Waals surface area contributed by atoms with Gasteiger partial charge in [-0.25, -0.2) is 4.79 Å². The molecule has 3 aromatic rings. The number of alkyl carbamates (subject to hydrolysis) is 1. The van der Waals surface area contributed by atoms with Gasteiger partial charge in [-0.15, -0.1) is 0 Å². The van der Waals surface area contributed by atoms with Crippen LogP contribution >= 0.6 is 0 Å². The first-order chi connectivity index (χ1) is 11.3. The van der Waals surface area contributed by atoms with Crippen molar-refractivity contribution in [1.82, 2.24) is 10.3 Å². The summed E-state index contributed by atoms with van der Waals surface area (Å²) in [5.41, 5.74) is 2.60. The first-order valence-corrected chi connectivity index (χ1v) is 7.24. The number of hydrogen-bond donors (Lipinski definition) is 1. The lowest BCUT2D eigenvalue weighted by Crippen LogP contribution is -2.23. The van der Waals surface area contributed by atoms with Crippen molar-refractivity contribution in [2.24, 2.45) is 0 Å². The average molecular weight is 308 g/mol. The van der Waals surface area contributed by atoms with Crippen LogP contribution in [0.1, 0.15) is 11.1 Å². The molecular weight excluding hydrogens is 292 g/mol. The molecule has 2 aromatic heterocycles. The number of ether oxygens (including phenoxy) is 1. The zero-order valence-electron chi connectivity index (χ0n) is 12.4. The molecule has 0 spiro atoms. The van der Waals surface area contributed by atoms with Crippen LogP contribution in [0, 0.1) is 0 Å². The lowest BCUT2D eigenvalue weighted by atomic mass is 10.2. The van der Waals surface area contributed by atoms with Crippen molar-refractivity contribution in [3.05, 3.63) is 78.2 Å². The molecule has 5 heteroatoms. The van der Waals surface area contributed by atoms with E-state index in [-0.39, 0.29) is 6.61 Å². The van der Waals surface area contributed by atoms with Crippen molar-refractivity contribution in [3.8, 4) is 11.5 Å². The molecule has 2 heterocycles. The van der Waals surface area contributed by atoms with Crippen LogP contribution in [0.15, 0.2) is 71.5 Å². The maximum Gasteiger partial charge on any atom is 0.407 e. The van der Waals surface area contributed by atoms with Gasteiger partial charge >= 0.3 is 6.09 Å². The number of benzene rings is 1. The van der Waals surface area contributed by atoms with Crippen molar-refractivity contribution >= 4 is 6.09 Å². The Balaban J connectivity index is 1.52. The molecule has 0 saturated carbocycles. The SMILES string of the molecule is O=C(NCc1ccnc(-c2ccco2)c1)OCc1ccccc1. The van der Waals surface area contributed by atoms with Crippen molar-refractivity contribution < 1.29 is 13.9 Å². The van der Waals surface area contributed by atoms with E-state index >= 15 is 0 Å². The minimum atomic E-state index is -0.454. The van der Waals surface area contributed by atoms with E-state index < -0.39 is 6.09 Å². The predicted octanol–water partition coefficient (Wildman–Crippen LogP) is 3.77. The molecule has 1 aromatic carbocycles. The molecule has 0 bridgehead atoms. The van der Waals surface area contributed by atoms with Gasteiger partial charge in [-0.05, 0) is 35.4 Å². The molecule has 0 atom stereocenters. The zero-order valence-corrected chi connectivity index (χ0v) is 12.4.